The van der Waals surface area contributed by atoms with Gasteiger partial charge < -0.3 is 4.74 Å². The molecule has 0 amide bonds. The molecule has 2 aromatic rings. The molecule has 3 heterocycles. The molecule has 26 heavy (non-hydrogen) atoms. The first kappa shape index (κ1) is 18.6. The van der Waals surface area contributed by atoms with Crippen molar-refractivity contribution in [2.75, 3.05) is 13.2 Å². The Morgan fingerprint density at radius 3 is 2.62 bits per heavy atom. The van der Waals surface area contributed by atoms with Crippen LogP contribution >= 0.6 is 0 Å². The zero-order valence-electron chi connectivity index (χ0n) is 14.9. The molecule has 0 bridgehead atoms. The molecule has 0 radical (unpaired) electrons. The summed E-state index contributed by atoms with van der Waals surface area (Å²) >= 11 is 0. The minimum Gasteiger partial charge on any atom is -0.381 e. The van der Waals surface area contributed by atoms with Crippen LogP contribution in [0.1, 0.15) is 50.1 Å². The van der Waals surface area contributed by atoms with Crippen LogP contribution in [-0.2, 0) is 24.4 Å². The molecule has 1 atom stereocenters. The zero-order chi connectivity index (χ0) is 18.9. The molecule has 7 nitrogen and oxygen atoms in total. The van der Waals surface area contributed by atoms with Crippen molar-refractivity contribution in [2.45, 2.75) is 45.2 Å². The van der Waals surface area contributed by atoms with Gasteiger partial charge in [-0.05, 0) is 26.7 Å². The Hall–Kier alpha value is -2.23. The van der Waals surface area contributed by atoms with Gasteiger partial charge >= 0.3 is 6.18 Å². The van der Waals surface area contributed by atoms with E-state index in [1.807, 2.05) is 13.8 Å². The molecular weight excluding hydrogens is 349 g/mol. The normalized spacial score (nSPS) is 17.7. The fourth-order valence-corrected chi connectivity index (χ4v) is 2.77. The summed E-state index contributed by atoms with van der Waals surface area (Å²) < 4.78 is 46.6. The Kier molecular flexibility index (Phi) is 5.12. The first-order valence-electron chi connectivity index (χ1n) is 8.41. The number of allylic oxidation sites excluding steroid dienone is 2. The molecule has 1 unspecified atom stereocenters. The van der Waals surface area contributed by atoms with Gasteiger partial charge in [0.15, 0.2) is 5.82 Å². The summed E-state index contributed by atoms with van der Waals surface area (Å²) in [5.74, 6) is 0.00217. The van der Waals surface area contributed by atoms with Gasteiger partial charge in [-0.25, -0.2) is 9.67 Å². The maximum Gasteiger partial charge on any atom is 0.453 e. The fraction of sp³-hybridized carbons (Fsp3) is 0.625. The molecule has 3 rings (SSSR count). The second-order valence-corrected chi connectivity index (χ2v) is 6.54. The van der Waals surface area contributed by atoms with E-state index in [0.29, 0.717) is 37.7 Å². The van der Waals surface area contributed by atoms with Crippen LogP contribution in [0.3, 0.4) is 0 Å². The summed E-state index contributed by atoms with van der Waals surface area (Å²) in [4.78, 5) is 8.19. The highest BCUT2D eigenvalue weighted by molar-refractivity contribution is 5.17. The Morgan fingerprint density at radius 1 is 1.27 bits per heavy atom. The summed E-state index contributed by atoms with van der Waals surface area (Å²) in [5, 5.41) is 7.90. The maximum absolute atomic E-state index is 12.9. The lowest BCUT2D eigenvalue weighted by molar-refractivity contribution is -0.144. The highest BCUT2D eigenvalue weighted by atomic mass is 19.4. The standard InChI is InChI=1S/C16H21F3N6O/c1-10(2)5-4-6-12-20-13(11-7-8-26-9-11)22-25(12)15-21-14(16(17,18)19)23-24(15)3/h5,11H,4,6-9H2,1-3H3. The monoisotopic (exact) mass is 370 g/mol. The van der Waals surface area contributed by atoms with Crippen LogP contribution in [-0.4, -0.2) is 42.7 Å². The van der Waals surface area contributed by atoms with E-state index in [0.717, 1.165) is 11.1 Å². The molecule has 0 aliphatic carbocycles. The van der Waals surface area contributed by atoms with Gasteiger partial charge in [-0.2, -0.15) is 22.8 Å². The maximum atomic E-state index is 12.9. The minimum atomic E-state index is -4.61. The van der Waals surface area contributed by atoms with E-state index in [2.05, 4.69) is 26.2 Å². The summed E-state index contributed by atoms with van der Waals surface area (Å²) in [7, 11) is 1.41. The first-order valence-corrected chi connectivity index (χ1v) is 8.41. The lowest BCUT2D eigenvalue weighted by Gasteiger charge is -2.03. The molecular formula is C16H21F3N6O. The molecule has 1 saturated heterocycles. The Morgan fingerprint density at radius 2 is 2.04 bits per heavy atom. The van der Waals surface area contributed by atoms with Crippen LogP contribution in [0.4, 0.5) is 13.2 Å². The molecule has 2 aromatic heterocycles. The van der Waals surface area contributed by atoms with Crippen LogP contribution < -0.4 is 0 Å². The fourth-order valence-electron chi connectivity index (χ4n) is 2.77. The van der Waals surface area contributed by atoms with E-state index in [4.69, 9.17) is 4.74 Å². The van der Waals surface area contributed by atoms with Crippen molar-refractivity contribution in [2.24, 2.45) is 7.05 Å². The third-order valence-corrected chi connectivity index (χ3v) is 4.09. The van der Waals surface area contributed by atoms with Gasteiger partial charge in [0.25, 0.3) is 11.8 Å². The summed E-state index contributed by atoms with van der Waals surface area (Å²) in [6.07, 6.45) is -0.508. The number of halogens is 3. The number of rotatable bonds is 5. The van der Waals surface area contributed by atoms with E-state index in [1.165, 1.54) is 17.3 Å². The molecule has 0 saturated carbocycles. The van der Waals surface area contributed by atoms with Crippen molar-refractivity contribution < 1.29 is 17.9 Å². The molecule has 1 fully saturated rings. The van der Waals surface area contributed by atoms with Crippen LogP contribution in [0, 0.1) is 0 Å². The summed E-state index contributed by atoms with van der Waals surface area (Å²) in [5.41, 5.74) is 1.17. The smallest absolute Gasteiger partial charge is 0.381 e. The van der Waals surface area contributed by atoms with Gasteiger partial charge in [0.2, 0.25) is 0 Å². The quantitative estimate of drug-likeness (QED) is 0.757. The van der Waals surface area contributed by atoms with E-state index in [1.54, 1.807) is 0 Å². The third kappa shape index (κ3) is 3.95. The van der Waals surface area contributed by atoms with Crippen molar-refractivity contribution in [3.63, 3.8) is 0 Å². The Balaban J connectivity index is 1.98. The largest absolute Gasteiger partial charge is 0.453 e. The Labute approximate surface area is 148 Å². The van der Waals surface area contributed by atoms with Crippen molar-refractivity contribution >= 4 is 0 Å². The van der Waals surface area contributed by atoms with Crippen molar-refractivity contribution in [1.82, 2.24) is 29.5 Å². The van der Waals surface area contributed by atoms with Crippen molar-refractivity contribution in [3.8, 4) is 5.95 Å². The minimum absolute atomic E-state index is 0.00203. The predicted molar refractivity (Wildman–Crippen MR) is 86.9 cm³/mol. The number of hydrogen-bond donors (Lipinski definition) is 0. The average molecular weight is 370 g/mol. The van der Waals surface area contributed by atoms with Crippen molar-refractivity contribution in [3.05, 3.63) is 29.1 Å². The van der Waals surface area contributed by atoms with E-state index < -0.39 is 12.0 Å². The molecule has 1 aliphatic heterocycles. The van der Waals surface area contributed by atoms with E-state index in [9.17, 15) is 13.2 Å². The second kappa shape index (κ2) is 7.18. The lowest BCUT2D eigenvalue weighted by Crippen LogP contribution is -2.10. The van der Waals surface area contributed by atoms with E-state index in [-0.39, 0.29) is 11.9 Å². The number of aryl methyl sites for hydroxylation is 2. The predicted octanol–water partition coefficient (Wildman–Crippen LogP) is 2.82. The van der Waals surface area contributed by atoms with Crippen LogP contribution in [0.5, 0.6) is 0 Å². The van der Waals surface area contributed by atoms with Crippen LogP contribution in [0.25, 0.3) is 5.95 Å². The summed E-state index contributed by atoms with van der Waals surface area (Å²) in [6, 6.07) is 0. The molecule has 0 aromatic carbocycles. The number of aromatic nitrogens is 6. The third-order valence-electron chi connectivity index (χ3n) is 4.09. The van der Waals surface area contributed by atoms with Crippen LogP contribution in [0.2, 0.25) is 0 Å². The summed E-state index contributed by atoms with van der Waals surface area (Å²) in [6.45, 7) is 5.13. The molecule has 10 heteroatoms. The van der Waals surface area contributed by atoms with Gasteiger partial charge in [0, 0.05) is 26.0 Å². The molecule has 0 N–H and O–H groups in total. The van der Waals surface area contributed by atoms with Crippen molar-refractivity contribution in [1.29, 1.82) is 0 Å². The SMILES string of the molecule is CC(C)=CCCc1nc(C2CCOC2)nn1-c1nc(C(F)(F)F)nn1C. The zero-order valence-corrected chi connectivity index (χ0v) is 14.9. The lowest BCUT2D eigenvalue weighted by atomic mass is 10.1. The van der Waals surface area contributed by atoms with Crippen LogP contribution in [0.15, 0.2) is 11.6 Å². The van der Waals surface area contributed by atoms with Gasteiger partial charge in [0.05, 0.1) is 6.61 Å². The molecule has 1 aliphatic rings. The Bertz CT molecular complexity index is 798. The number of ether oxygens (including phenoxy) is 1. The highest BCUT2D eigenvalue weighted by Crippen LogP contribution is 2.28. The average Bonchev–Trinajstić information content (AvgIpc) is 3.24. The highest BCUT2D eigenvalue weighted by Gasteiger charge is 2.37. The molecule has 0 spiro atoms. The first-order chi connectivity index (χ1) is 12.3. The topological polar surface area (TPSA) is 70.7 Å². The van der Waals surface area contributed by atoms with Gasteiger partial charge in [-0.3, -0.25) is 0 Å². The van der Waals surface area contributed by atoms with E-state index >= 15 is 0 Å². The van der Waals surface area contributed by atoms with Gasteiger partial charge in [0.1, 0.15) is 5.82 Å². The number of nitrogens with zero attached hydrogens (tertiary/aromatic N) is 6. The molecule has 142 valence electrons. The number of hydrogen-bond acceptors (Lipinski definition) is 5. The number of alkyl halides is 3. The second-order valence-electron chi connectivity index (χ2n) is 6.54. The van der Waals surface area contributed by atoms with Gasteiger partial charge in [-0.15, -0.1) is 10.2 Å². The van der Waals surface area contributed by atoms with Gasteiger partial charge in [-0.1, -0.05) is 11.6 Å².